The number of hydrogen-bond donors (Lipinski definition) is 0. The van der Waals surface area contributed by atoms with Gasteiger partial charge in [0.1, 0.15) is 0 Å². The molecule has 0 radical (unpaired) electrons. The van der Waals surface area contributed by atoms with Crippen molar-refractivity contribution >= 4 is 6.29 Å². The Morgan fingerprint density at radius 3 is 1.95 bits per heavy atom. The number of carbonyl (C=O) groups is 1. The highest BCUT2D eigenvalue weighted by Crippen LogP contribution is 2.32. The van der Waals surface area contributed by atoms with Crippen LogP contribution in [0.4, 0.5) is 22.0 Å². The van der Waals surface area contributed by atoms with Crippen LogP contribution in [0.3, 0.4) is 0 Å². The van der Waals surface area contributed by atoms with Gasteiger partial charge in [-0.2, -0.15) is 0 Å². The van der Waals surface area contributed by atoms with Crippen molar-refractivity contribution in [3.63, 3.8) is 0 Å². The normalized spacial score (nSPS) is 10.6. The lowest BCUT2D eigenvalue weighted by molar-refractivity contribution is 0.112. The molecule has 0 aliphatic carbocycles. The van der Waals surface area contributed by atoms with Gasteiger partial charge in [-0.05, 0) is 6.07 Å². The van der Waals surface area contributed by atoms with Gasteiger partial charge in [0, 0.05) is 23.5 Å². The first kappa shape index (κ1) is 13.1. The van der Waals surface area contributed by atoms with E-state index in [0.29, 0.717) is 0 Å². The van der Waals surface area contributed by atoms with E-state index in [0.717, 1.165) is 18.5 Å². The summed E-state index contributed by atoms with van der Waals surface area (Å²) >= 11 is 0. The molecule has 7 heteroatoms. The molecule has 0 N–H and O–H groups in total. The van der Waals surface area contributed by atoms with Crippen LogP contribution in [-0.4, -0.2) is 11.3 Å². The monoisotopic (exact) mass is 273 g/mol. The van der Waals surface area contributed by atoms with E-state index in [1.807, 2.05) is 0 Å². The van der Waals surface area contributed by atoms with E-state index >= 15 is 0 Å². The summed E-state index contributed by atoms with van der Waals surface area (Å²) in [5, 5.41) is 0. The number of aromatic nitrogens is 1. The quantitative estimate of drug-likeness (QED) is 0.364. The van der Waals surface area contributed by atoms with Crippen LogP contribution in [0.25, 0.3) is 11.1 Å². The van der Waals surface area contributed by atoms with Crippen LogP contribution < -0.4 is 0 Å². The largest absolute Gasteiger partial charge is 0.298 e. The SMILES string of the molecule is O=Cc1ccncc1-c1c(F)c(F)c(F)c(F)c1F. The summed E-state index contributed by atoms with van der Waals surface area (Å²) in [6.07, 6.45) is 2.23. The molecule has 1 aromatic carbocycles. The predicted octanol–water partition coefficient (Wildman–Crippen LogP) is 3.26. The number of nitrogens with zero attached hydrogens (tertiary/aromatic N) is 1. The van der Waals surface area contributed by atoms with Crippen LogP contribution in [-0.2, 0) is 0 Å². The van der Waals surface area contributed by atoms with Crippen molar-refractivity contribution in [1.29, 1.82) is 0 Å². The van der Waals surface area contributed by atoms with Crippen molar-refractivity contribution in [1.82, 2.24) is 4.98 Å². The molecule has 1 heterocycles. The topological polar surface area (TPSA) is 30.0 Å². The zero-order chi connectivity index (χ0) is 14.2. The first-order valence-corrected chi connectivity index (χ1v) is 4.90. The second-order valence-corrected chi connectivity index (χ2v) is 3.53. The van der Waals surface area contributed by atoms with Crippen molar-refractivity contribution in [2.75, 3.05) is 0 Å². The van der Waals surface area contributed by atoms with Crippen LogP contribution in [0.1, 0.15) is 10.4 Å². The van der Waals surface area contributed by atoms with Crippen molar-refractivity contribution in [2.24, 2.45) is 0 Å². The van der Waals surface area contributed by atoms with E-state index in [1.165, 1.54) is 0 Å². The number of halogens is 5. The second-order valence-electron chi connectivity index (χ2n) is 3.53. The summed E-state index contributed by atoms with van der Waals surface area (Å²) in [5.41, 5.74) is -1.88. The molecule has 2 rings (SSSR count). The lowest BCUT2D eigenvalue weighted by Crippen LogP contribution is -2.05. The Bertz CT molecular complexity index is 642. The average molecular weight is 273 g/mol. The van der Waals surface area contributed by atoms with E-state index in [1.54, 1.807) is 0 Å². The molecule has 0 saturated heterocycles. The third kappa shape index (κ3) is 1.96. The molecule has 2 nitrogen and oxygen atoms in total. The maximum Gasteiger partial charge on any atom is 0.200 e. The molecule has 0 aliphatic rings. The van der Waals surface area contributed by atoms with Crippen LogP contribution in [0, 0.1) is 29.1 Å². The van der Waals surface area contributed by atoms with E-state index in [9.17, 15) is 26.7 Å². The van der Waals surface area contributed by atoms with Crippen molar-refractivity contribution in [3.8, 4) is 11.1 Å². The standard InChI is InChI=1S/C12H4F5NO/c13-8-7(6-3-18-2-1-5(6)4-19)9(14)11(16)12(17)10(8)15/h1-4H. The zero-order valence-corrected chi connectivity index (χ0v) is 9.05. The minimum atomic E-state index is -2.25. The lowest BCUT2D eigenvalue weighted by Gasteiger charge is -2.09. The Hall–Kier alpha value is -2.31. The van der Waals surface area contributed by atoms with Crippen molar-refractivity contribution in [3.05, 3.63) is 53.1 Å². The first-order chi connectivity index (χ1) is 8.99. The smallest absolute Gasteiger partial charge is 0.200 e. The highest BCUT2D eigenvalue weighted by atomic mass is 19.2. The summed E-state index contributed by atoms with van der Waals surface area (Å²) in [4.78, 5) is 14.2. The molecular weight excluding hydrogens is 269 g/mol. The van der Waals surface area contributed by atoms with Gasteiger partial charge in [0.15, 0.2) is 29.6 Å². The Balaban J connectivity index is 2.87. The van der Waals surface area contributed by atoms with Crippen LogP contribution >= 0.6 is 0 Å². The lowest BCUT2D eigenvalue weighted by atomic mass is 10.0. The number of carbonyl (C=O) groups excluding carboxylic acids is 1. The summed E-state index contributed by atoms with van der Waals surface area (Å²) in [6.45, 7) is 0. The molecule has 1 aromatic heterocycles. The van der Waals surface area contributed by atoms with Gasteiger partial charge in [-0.15, -0.1) is 0 Å². The molecule has 0 fully saturated rings. The second kappa shape index (κ2) is 4.75. The minimum Gasteiger partial charge on any atom is -0.298 e. The predicted molar refractivity (Wildman–Crippen MR) is 54.9 cm³/mol. The highest BCUT2D eigenvalue weighted by Gasteiger charge is 2.27. The molecule has 19 heavy (non-hydrogen) atoms. The number of rotatable bonds is 2. The molecule has 0 atom stereocenters. The van der Waals surface area contributed by atoms with E-state index < -0.39 is 40.2 Å². The average Bonchev–Trinajstić information content (AvgIpc) is 2.44. The van der Waals surface area contributed by atoms with Gasteiger partial charge in [-0.1, -0.05) is 0 Å². The van der Waals surface area contributed by atoms with E-state index in [4.69, 9.17) is 0 Å². The van der Waals surface area contributed by atoms with Gasteiger partial charge in [0.05, 0.1) is 5.56 Å². The summed E-state index contributed by atoms with van der Waals surface area (Å²) in [5.74, 6) is -10.4. The van der Waals surface area contributed by atoms with Crippen LogP contribution in [0.2, 0.25) is 0 Å². The summed E-state index contributed by atoms with van der Waals surface area (Å²) in [6, 6.07) is 1.10. The van der Waals surface area contributed by atoms with Gasteiger partial charge in [0.25, 0.3) is 0 Å². The Kier molecular flexibility index (Phi) is 3.28. The Labute approximate surface area is 103 Å². The summed E-state index contributed by atoms with van der Waals surface area (Å²) < 4.78 is 66.1. The highest BCUT2D eigenvalue weighted by molar-refractivity contribution is 5.87. The molecule has 0 spiro atoms. The Morgan fingerprint density at radius 1 is 0.895 bits per heavy atom. The molecular formula is C12H4F5NO. The Morgan fingerprint density at radius 2 is 1.42 bits per heavy atom. The molecule has 98 valence electrons. The first-order valence-electron chi connectivity index (χ1n) is 4.90. The van der Waals surface area contributed by atoms with Crippen LogP contribution in [0.5, 0.6) is 0 Å². The molecule has 0 saturated carbocycles. The summed E-state index contributed by atoms with van der Waals surface area (Å²) in [7, 11) is 0. The fraction of sp³-hybridized carbons (Fsp3) is 0. The van der Waals surface area contributed by atoms with Gasteiger partial charge in [-0.3, -0.25) is 9.78 Å². The van der Waals surface area contributed by atoms with Crippen molar-refractivity contribution in [2.45, 2.75) is 0 Å². The third-order valence-corrected chi connectivity index (χ3v) is 2.46. The molecule has 2 aromatic rings. The molecule has 0 aliphatic heterocycles. The molecule has 0 amide bonds. The fourth-order valence-corrected chi connectivity index (χ4v) is 1.56. The molecule has 0 bridgehead atoms. The molecule has 0 unspecified atom stereocenters. The maximum absolute atomic E-state index is 13.5. The van der Waals surface area contributed by atoms with Crippen molar-refractivity contribution < 1.29 is 26.7 Å². The van der Waals surface area contributed by atoms with Gasteiger partial charge in [0.2, 0.25) is 5.82 Å². The van der Waals surface area contributed by atoms with Gasteiger partial charge in [-0.25, -0.2) is 22.0 Å². The van der Waals surface area contributed by atoms with Crippen LogP contribution in [0.15, 0.2) is 18.5 Å². The zero-order valence-electron chi connectivity index (χ0n) is 9.05. The van der Waals surface area contributed by atoms with Gasteiger partial charge >= 0.3 is 0 Å². The van der Waals surface area contributed by atoms with E-state index in [2.05, 4.69) is 4.98 Å². The number of aldehydes is 1. The van der Waals surface area contributed by atoms with Gasteiger partial charge < -0.3 is 0 Å². The maximum atomic E-state index is 13.5. The number of pyridine rings is 1. The number of benzene rings is 1. The fourth-order valence-electron chi connectivity index (χ4n) is 1.56. The van der Waals surface area contributed by atoms with E-state index in [-0.39, 0.29) is 11.8 Å². The number of hydrogen-bond acceptors (Lipinski definition) is 2. The third-order valence-electron chi connectivity index (χ3n) is 2.46. The minimum absolute atomic E-state index is 0.231.